The van der Waals surface area contributed by atoms with Crippen LogP contribution in [0.5, 0.6) is 0 Å². The van der Waals surface area contributed by atoms with Crippen LogP contribution >= 0.6 is 0 Å². The molecule has 0 saturated carbocycles. The summed E-state index contributed by atoms with van der Waals surface area (Å²) in [5.41, 5.74) is 0. The van der Waals surface area contributed by atoms with Gasteiger partial charge in [-0.15, -0.1) is 0 Å². The van der Waals surface area contributed by atoms with Gasteiger partial charge in [0.15, 0.2) is 6.10 Å². The molecule has 0 aliphatic carbocycles. The fraction of sp³-hybridized carbons (Fsp3) is 0.944. The Hall–Kier alpha value is -1.59. The van der Waals surface area contributed by atoms with E-state index in [9.17, 15) is 14.4 Å². The molecular formula is C54H104O6. The molecule has 6 nitrogen and oxygen atoms in total. The molecule has 0 bridgehead atoms. The van der Waals surface area contributed by atoms with Gasteiger partial charge < -0.3 is 14.2 Å². The minimum Gasteiger partial charge on any atom is -0.462 e. The van der Waals surface area contributed by atoms with E-state index in [1.807, 2.05) is 0 Å². The molecule has 0 fully saturated rings. The van der Waals surface area contributed by atoms with Gasteiger partial charge in [-0.3, -0.25) is 14.4 Å². The fourth-order valence-electron chi connectivity index (χ4n) is 8.17. The second-order valence-electron chi connectivity index (χ2n) is 19.5. The minimum atomic E-state index is -0.762. The van der Waals surface area contributed by atoms with Crippen LogP contribution in [0.1, 0.15) is 298 Å². The van der Waals surface area contributed by atoms with Gasteiger partial charge in [0.25, 0.3) is 0 Å². The van der Waals surface area contributed by atoms with Crippen LogP contribution in [0.2, 0.25) is 0 Å². The first-order valence-electron chi connectivity index (χ1n) is 26.7. The van der Waals surface area contributed by atoms with Gasteiger partial charge in [0.1, 0.15) is 13.2 Å². The predicted octanol–water partition coefficient (Wildman–Crippen LogP) is 17.3. The van der Waals surface area contributed by atoms with Gasteiger partial charge in [0.05, 0.1) is 0 Å². The minimum absolute atomic E-state index is 0.0643. The van der Waals surface area contributed by atoms with Crippen LogP contribution < -0.4 is 0 Å². The lowest BCUT2D eigenvalue weighted by atomic mass is 10.0. The molecule has 0 heterocycles. The van der Waals surface area contributed by atoms with E-state index in [1.54, 1.807) is 0 Å². The molecule has 0 aromatic carbocycles. The summed E-state index contributed by atoms with van der Waals surface area (Å²) in [7, 11) is 0. The molecule has 0 spiro atoms. The number of hydrogen-bond acceptors (Lipinski definition) is 6. The molecule has 0 unspecified atom stereocenters. The van der Waals surface area contributed by atoms with Gasteiger partial charge in [-0.25, -0.2) is 0 Å². The summed E-state index contributed by atoms with van der Waals surface area (Å²) in [6, 6.07) is 0. The van der Waals surface area contributed by atoms with Gasteiger partial charge >= 0.3 is 17.9 Å². The van der Waals surface area contributed by atoms with Crippen molar-refractivity contribution in [3.8, 4) is 0 Å². The van der Waals surface area contributed by atoms with E-state index in [-0.39, 0.29) is 31.1 Å². The first kappa shape index (κ1) is 58.4. The first-order chi connectivity index (χ1) is 29.2. The average molecular weight is 849 g/mol. The monoisotopic (exact) mass is 849 g/mol. The van der Waals surface area contributed by atoms with Crippen LogP contribution in [0.3, 0.4) is 0 Å². The van der Waals surface area contributed by atoms with Gasteiger partial charge in [-0.2, -0.15) is 0 Å². The van der Waals surface area contributed by atoms with Crippen molar-refractivity contribution in [2.75, 3.05) is 13.2 Å². The van der Waals surface area contributed by atoms with Gasteiger partial charge in [0, 0.05) is 19.3 Å². The van der Waals surface area contributed by atoms with E-state index in [1.165, 1.54) is 186 Å². The number of ether oxygens (including phenoxy) is 3. The average Bonchev–Trinajstić information content (AvgIpc) is 3.22. The molecule has 0 aliphatic rings. The largest absolute Gasteiger partial charge is 0.462 e. The fourth-order valence-corrected chi connectivity index (χ4v) is 8.17. The number of unbranched alkanes of at least 4 members (excludes halogenated alkanes) is 33. The van der Waals surface area contributed by atoms with Gasteiger partial charge in [-0.1, -0.05) is 259 Å². The molecule has 0 aromatic heterocycles. The van der Waals surface area contributed by atoms with Crippen molar-refractivity contribution in [2.45, 2.75) is 304 Å². The topological polar surface area (TPSA) is 78.9 Å². The SMILES string of the molecule is CCCCCCCCCCCCCCCCCCCCC(=O)OC[C@@H](COC(=O)CCCCCCCCCCCCCC(C)C)OC(=O)CCCCCCCCCC(C)C. The Kier molecular flexibility index (Phi) is 45.7. The van der Waals surface area contributed by atoms with Gasteiger partial charge in [0.2, 0.25) is 0 Å². The Morgan fingerprint density at radius 2 is 0.550 bits per heavy atom. The third kappa shape index (κ3) is 47.5. The third-order valence-corrected chi connectivity index (χ3v) is 12.2. The summed E-state index contributed by atoms with van der Waals surface area (Å²) in [6.45, 7) is 11.3. The number of rotatable bonds is 48. The highest BCUT2D eigenvalue weighted by atomic mass is 16.6. The Bertz CT molecular complexity index is 916. The van der Waals surface area contributed by atoms with Gasteiger partial charge in [-0.05, 0) is 31.1 Å². The van der Waals surface area contributed by atoms with Crippen molar-refractivity contribution in [1.29, 1.82) is 0 Å². The number of hydrogen-bond donors (Lipinski definition) is 0. The molecule has 0 amide bonds. The summed E-state index contributed by atoms with van der Waals surface area (Å²) in [6.07, 6.45) is 48.2. The lowest BCUT2D eigenvalue weighted by molar-refractivity contribution is -0.167. The maximum Gasteiger partial charge on any atom is 0.306 e. The molecule has 0 radical (unpaired) electrons. The second kappa shape index (κ2) is 46.9. The summed E-state index contributed by atoms with van der Waals surface area (Å²) < 4.78 is 16.8. The maximum absolute atomic E-state index is 12.8. The van der Waals surface area contributed by atoms with E-state index in [2.05, 4.69) is 34.6 Å². The first-order valence-corrected chi connectivity index (χ1v) is 26.7. The summed E-state index contributed by atoms with van der Waals surface area (Å²) in [5, 5.41) is 0. The van der Waals surface area contributed by atoms with Crippen molar-refractivity contribution in [3.63, 3.8) is 0 Å². The highest BCUT2D eigenvalue weighted by Crippen LogP contribution is 2.17. The van der Waals surface area contributed by atoms with Crippen LogP contribution in [0.4, 0.5) is 0 Å². The van der Waals surface area contributed by atoms with Crippen LogP contribution in [-0.2, 0) is 28.6 Å². The van der Waals surface area contributed by atoms with Crippen molar-refractivity contribution in [2.24, 2.45) is 11.8 Å². The Morgan fingerprint density at radius 1 is 0.317 bits per heavy atom. The van der Waals surface area contributed by atoms with E-state index in [0.29, 0.717) is 19.3 Å². The molecule has 0 rings (SSSR count). The smallest absolute Gasteiger partial charge is 0.306 e. The van der Waals surface area contributed by atoms with Crippen LogP contribution in [0, 0.1) is 11.8 Å². The molecule has 0 N–H and O–H groups in total. The predicted molar refractivity (Wildman–Crippen MR) is 256 cm³/mol. The molecule has 60 heavy (non-hydrogen) atoms. The quantitative estimate of drug-likeness (QED) is 0.0345. The van der Waals surface area contributed by atoms with Crippen molar-refractivity contribution in [3.05, 3.63) is 0 Å². The Morgan fingerprint density at radius 3 is 0.817 bits per heavy atom. The number of carbonyl (C=O) groups is 3. The van der Waals surface area contributed by atoms with Crippen molar-refractivity contribution < 1.29 is 28.6 Å². The highest BCUT2D eigenvalue weighted by Gasteiger charge is 2.19. The molecule has 6 heteroatoms. The maximum atomic E-state index is 12.8. The van der Waals surface area contributed by atoms with Crippen LogP contribution in [0.15, 0.2) is 0 Å². The van der Waals surface area contributed by atoms with E-state index >= 15 is 0 Å². The van der Waals surface area contributed by atoms with E-state index < -0.39 is 6.10 Å². The van der Waals surface area contributed by atoms with Crippen LogP contribution in [0.25, 0.3) is 0 Å². The standard InChI is InChI=1S/C54H104O6/c1-6-7-8-9-10-11-12-13-14-15-16-17-18-21-24-29-34-39-44-52(55)58-47-51(60-54(57)46-41-36-31-26-28-33-38-43-50(4)5)48-59-53(56)45-40-35-30-25-22-19-20-23-27-32-37-42-49(2)3/h49-51H,6-48H2,1-5H3/t51-/m0/s1. The molecule has 0 aromatic rings. The normalized spacial score (nSPS) is 12.1. The lowest BCUT2D eigenvalue weighted by Gasteiger charge is -2.18. The highest BCUT2D eigenvalue weighted by molar-refractivity contribution is 5.71. The molecule has 1 atom stereocenters. The van der Waals surface area contributed by atoms with Crippen LogP contribution in [-0.4, -0.2) is 37.2 Å². The molecule has 0 saturated heterocycles. The summed E-state index contributed by atoms with van der Waals surface area (Å²) >= 11 is 0. The molecular weight excluding hydrogens is 745 g/mol. The summed E-state index contributed by atoms with van der Waals surface area (Å²) in [4.78, 5) is 37.9. The van der Waals surface area contributed by atoms with Crippen molar-refractivity contribution >= 4 is 17.9 Å². The zero-order valence-electron chi connectivity index (χ0n) is 41.1. The second-order valence-corrected chi connectivity index (χ2v) is 19.5. The number of esters is 3. The Labute approximate surface area is 374 Å². The number of carbonyl (C=O) groups excluding carboxylic acids is 3. The third-order valence-electron chi connectivity index (χ3n) is 12.2. The van der Waals surface area contributed by atoms with E-state index in [0.717, 1.165) is 69.6 Å². The zero-order chi connectivity index (χ0) is 44.0. The van der Waals surface area contributed by atoms with E-state index in [4.69, 9.17) is 14.2 Å². The summed E-state index contributed by atoms with van der Waals surface area (Å²) in [5.74, 6) is 0.755. The zero-order valence-corrected chi connectivity index (χ0v) is 41.1. The molecule has 0 aliphatic heterocycles. The van der Waals surface area contributed by atoms with Crippen molar-refractivity contribution in [1.82, 2.24) is 0 Å². The Balaban J connectivity index is 4.24. The lowest BCUT2D eigenvalue weighted by Crippen LogP contribution is -2.30. The molecule has 356 valence electrons.